The first-order valence-electron chi connectivity index (χ1n) is 8.11. The van der Waals surface area contributed by atoms with Gasteiger partial charge in [-0.2, -0.15) is 0 Å². The summed E-state index contributed by atoms with van der Waals surface area (Å²) in [6.45, 7) is 4.60. The second-order valence-corrected chi connectivity index (χ2v) is 5.08. The van der Waals surface area contributed by atoms with E-state index in [1.807, 2.05) is 6.92 Å². The van der Waals surface area contributed by atoms with Crippen LogP contribution in [0.25, 0.3) is 0 Å². The third kappa shape index (κ3) is 15.2. The topological polar surface area (TPSA) is 26.3 Å². The summed E-state index contributed by atoms with van der Waals surface area (Å²) in [7, 11) is 0. The van der Waals surface area contributed by atoms with Crippen molar-refractivity contribution in [2.75, 3.05) is 6.61 Å². The van der Waals surface area contributed by atoms with Gasteiger partial charge in [-0.3, -0.25) is 4.79 Å². The van der Waals surface area contributed by atoms with Gasteiger partial charge in [0.25, 0.3) is 0 Å². The summed E-state index contributed by atoms with van der Waals surface area (Å²) in [5, 5.41) is 0. The molecule has 0 aromatic carbocycles. The van der Waals surface area contributed by atoms with E-state index >= 15 is 0 Å². The lowest BCUT2D eigenvalue weighted by Crippen LogP contribution is -2.02. The van der Waals surface area contributed by atoms with Crippen LogP contribution in [-0.4, -0.2) is 12.6 Å². The van der Waals surface area contributed by atoms with Gasteiger partial charge in [0.1, 0.15) is 0 Å². The molecule has 19 heavy (non-hydrogen) atoms. The van der Waals surface area contributed by atoms with Gasteiger partial charge in [0, 0.05) is 6.42 Å². The molecule has 2 heteroatoms. The standard InChI is InChI=1S/C17H32O2/c1-3-5-6-7-8-9-10-11-12-13-14-15-16-17(18)19-4-2/h11-12H,3-10,13-16H2,1-2H3/b12-11+. The molecule has 0 radical (unpaired) electrons. The molecule has 0 saturated carbocycles. The first kappa shape index (κ1) is 18.2. The van der Waals surface area contributed by atoms with Gasteiger partial charge >= 0.3 is 5.97 Å². The van der Waals surface area contributed by atoms with E-state index in [4.69, 9.17) is 4.74 Å². The van der Waals surface area contributed by atoms with Crippen molar-refractivity contribution in [1.29, 1.82) is 0 Å². The van der Waals surface area contributed by atoms with E-state index in [0.29, 0.717) is 13.0 Å². The minimum Gasteiger partial charge on any atom is -0.466 e. The summed E-state index contributed by atoms with van der Waals surface area (Å²) < 4.78 is 4.88. The van der Waals surface area contributed by atoms with E-state index < -0.39 is 0 Å². The molecular weight excluding hydrogens is 236 g/mol. The van der Waals surface area contributed by atoms with Gasteiger partial charge in [-0.05, 0) is 39.0 Å². The molecular formula is C17H32O2. The lowest BCUT2D eigenvalue weighted by Gasteiger charge is -2.00. The first-order chi connectivity index (χ1) is 9.31. The molecule has 112 valence electrons. The summed E-state index contributed by atoms with van der Waals surface area (Å²) in [5.41, 5.74) is 0. The van der Waals surface area contributed by atoms with Crippen molar-refractivity contribution in [3.63, 3.8) is 0 Å². The molecule has 0 unspecified atom stereocenters. The van der Waals surface area contributed by atoms with Crippen LogP contribution in [0.15, 0.2) is 12.2 Å². The van der Waals surface area contributed by atoms with Crippen LogP contribution in [0.4, 0.5) is 0 Å². The number of ether oxygens (including phenoxy) is 1. The van der Waals surface area contributed by atoms with Crippen LogP contribution >= 0.6 is 0 Å². The number of hydrogen-bond donors (Lipinski definition) is 0. The number of carbonyl (C=O) groups excluding carboxylic acids is 1. The molecule has 0 aromatic heterocycles. The minimum absolute atomic E-state index is 0.0569. The highest BCUT2D eigenvalue weighted by molar-refractivity contribution is 5.69. The Morgan fingerprint density at radius 2 is 1.42 bits per heavy atom. The van der Waals surface area contributed by atoms with Crippen molar-refractivity contribution in [3.8, 4) is 0 Å². The number of unbranched alkanes of at least 4 members (excludes halogenated alkanes) is 8. The van der Waals surface area contributed by atoms with Gasteiger partial charge in [-0.1, -0.05) is 51.2 Å². The maximum atomic E-state index is 11.1. The Hall–Kier alpha value is -0.790. The van der Waals surface area contributed by atoms with E-state index in [9.17, 15) is 4.79 Å². The van der Waals surface area contributed by atoms with Crippen LogP contribution < -0.4 is 0 Å². The molecule has 0 aromatic rings. The van der Waals surface area contributed by atoms with Crippen molar-refractivity contribution < 1.29 is 9.53 Å². The number of allylic oxidation sites excluding steroid dienone is 2. The Kier molecular flexibility index (Phi) is 14.6. The average molecular weight is 268 g/mol. The molecule has 0 bridgehead atoms. The molecule has 0 saturated heterocycles. The minimum atomic E-state index is -0.0569. The van der Waals surface area contributed by atoms with Crippen molar-refractivity contribution in [2.45, 2.75) is 84.5 Å². The summed E-state index contributed by atoms with van der Waals surface area (Å²) in [6.07, 6.45) is 17.7. The quantitative estimate of drug-likeness (QED) is 0.253. The first-order valence-corrected chi connectivity index (χ1v) is 8.11. The molecule has 0 rings (SSSR count). The van der Waals surface area contributed by atoms with Gasteiger partial charge in [0.2, 0.25) is 0 Å². The Balaban J connectivity index is 3.15. The Morgan fingerprint density at radius 3 is 2.05 bits per heavy atom. The number of carbonyl (C=O) groups is 1. The summed E-state index contributed by atoms with van der Waals surface area (Å²) in [4.78, 5) is 11.1. The van der Waals surface area contributed by atoms with Crippen molar-refractivity contribution >= 4 is 5.97 Å². The fourth-order valence-corrected chi connectivity index (χ4v) is 2.04. The molecule has 0 amide bonds. The monoisotopic (exact) mass is 268 g/mol. The highest BCUT2D eigenvalue weighted by Gasteiger charge is 1.99. The highest BCUT2D eigenvalue weighted by atomic mass is 16.5. The predicted molar refractivity (Wildman–Crippen MR) is 82.2 cm³/mol. The lowest BCUT2D eigenvalue weighted by molar-refractivity contribution is -0.143. The Morgan fingerprint density at radius 1 is 0.842 bits per heavy atom. The van der Waals surface area contributed by atoms with Crippen LogP contribution in [0.1, 0.15) is 84.5 Å². The number of esters is 1. The van der Waals surface area contributed by atoms with Crippen LogP contribution in [0.3, 0.4) is 0 Å². The predicted octanol–water partition coefficient (Wildman–Crippen LogP) is 5.42. The van der Waals surface area contributed by atoms with E-state index in [2.05, 4.69) is 19.1 Å². The largest absolute Gasteiger partial charge is 0.466 e. The summed E-state index contributed by atoms with van der Waals surface area (Å²) in [5.74, 6) is -0.0569. The zero-order valence-electron chi connectivity index (χ0n) is 13.0. The number of rotatable bonds is 13. The summed E-state index contributed by atoms with van der Waals surface area (Å²) >= 11 is 0. The zero-order chi connectivity index (χ0) is 14.2. The molecule has 0 aliphatic carbocycles. The molecule has 0 N–H and O–H groups in total. The lowest BCUT2D eigenvalue weighted by atomic mass is 10.1. The Labute approximate surface area is 119 Å². The fourth-order valence-electron chi connectivity index (χ4n) is 2.04. The van der Waals surface area contributed by atoms with Crippen molar-refractivity contribution in [2.24, 2.45) is 0 Å². The molecule has 0 atom stereocenters. The highest BCUT2D eigenvalue weighted by Crippen LogP contribution is 2.08. The fraction of sp³-hybridized carbons (Fsp3) is 0.824. The van der Waals surface area contributed by atoms with Gasteiger partial charge in [-0.25, -0.2) is 0 Å². The van der Waals surface area contributed by atoms with Crippen molar-refractivity contribution in [3.05, 3.63) is 12.2 Å². The Bertz CT molecular complexity index is 221. The molecule has 0 fully saturated rings. The third-order valence-corrected chi connectivity index (χ3v) is 3.20. The maximum Gasteiger partial charge on any atom is 0.305 e. The van der Waals surface area contributed by atoms with Crippen LogP contribution in [0, 0.1) is 0 Å². The van der Waals surface area contributed by atoms with Gasteiger partial charge in [-0.15, -0.1) is 0 Å². The number of hydrogen-bond acceptors (Lipinski definition) is 2. The van der Waals surface area contributed by atoms with Crippen molar-refractivity contribution in [1.82, 2.24) is 0 Å². The van der Waals surface area contributed by atoms with Crippen LogP contribution in [0.2, 0.25) is 0 Å². The summed E-state index contributed by atoms with van der Waals surface area (Å²) in [6, 6.07) is 0. The van der Waals surface area contributed by atoms with Crippen LogP contribution in [0.5, 0.6) is 0 Å². The third-order valence-electron chi connectivity index (χ3n) is 3.20. The molecule has 0 aliphatic rings. The zero-order valence-corrected chi connectivity index (χ0v) is 13.0. The normalized spacial score (nSPS) is 11.1. The van der Waals surface area contributed by atoms with Gasteiger partial charge in [0.05, 0.1) is 6.61 Å². The second kappa shape index (κ2) is 15.3. The van der Waals surface area contributed by atoms with Gasteiger partial charge in [0.15, 0.2) is 0 Å². The van der Waals surface area contributed by atoms with Crippen LogP contribution in [-0.2, 0) is 9.53 Å². The van der Waals surface area contributed by atoms with E-state index in [-0.39, 0.29) is 5.97 Å². The maximum absolute atomic E-state index is 11.1. The molecule has 0 spiro atoms. The van der Waals surface area contributed by atoms with E-state index in [0.717, 1.165) is 19.3 Å². The molecule has 2 nitrogen and oxygen atoms in total. The smallest absolute Gasteiger partial charge is 0.305 e. The SMILES string of the molecule is CCCCCCCC/C=C/CCCCC(=O)OCC. The molecule has 0 heterocycles. The van der Waals surface area contributed by atoms with E-state index in [1.54, 1.807) is 0 Å². The van der Waals surface area contributed by atoms with E-state index in [1.165, 1.54) is 44.9 Å². The second-order valence-electron chi connectivity index (χ2n) is 5.08. The average Bonchev–Trinajstić information content (AvgIpc) is 2.40. The van der Waals surface area contributed by atoms with Gasteiger partial charge < -0.3 is 4.74 Å². The molecule has 0 aliphatic heterocycles.